The number of hydrogen-bond acceptors (Lipinski definition) is 9. The Balaban J connectivity index is 3.65. The van der Waals surface area contributed by atoms with Gasteiger partial charge in [0.1, 0.15) is 5.69 Å². The molecule has 0 amide bonds. The van der Waals surface area contributed by atoms with Crippen LogP contribution in [0.5, 0.6) is 0 Å². The van der Waals surface area contributed by atoms with Gasteiger partial charge < -0.3 is 20.4 Å². The maximum Gasteiger partial charge on any atom is 0.324 e. The third kappa shape index (κ3) is 3.42. The average Bonchev–Trinajstić information content (AvgIpc) is 2.48. The molecule has 0 aliphatic rings. The van der Waals surface area contributed by atoms with Gasteiger partial charge in [0.05, 0.1) is 6.61 Å². The van der Waals surface area contributed by atoms with Crippen LogP contribution in [0.3, 0.4) is 0 Å². The second kappa shape index (κ2) is 7.38. The van der Waals surface area contributed by atoms with Crippen LogP contribution in [0.15, 0.2) is 18.2 Å². The molecule has 0 radical (unpaired) electrons. The molecular formula is C14H18N2O7-2. The van der Waals surface area contributed by atoms with Gasteiger partial charge in [-0.25, -0.2) is 0 Å². The molecule has 9 heteroatoms. The number of Topliss-reactive ketones (excluding diaryl/α,β-unsaturated/α-hetero) is 1. The normalized spacial score (nSPS) is 13.2. The van der Waals surface area contributed by atoms with Gasteiger partial charge in [-0.3, -0.25) is 20.0 Å². The van der Waals surface area contributed by atoms with Crippen LogP contribution in [0.4, 0.5) is 11.4 Å². The predicted octanol–water partition coefficient (Wildman–Crippen LogP) is 1.87. The summed E-state index contributed by atoms with van der Waals surface area (Å²) < 4.78 is 4.95. The van der Waals surface area contributed by atoms with Crippen LogP contribution >= 0.6 is 0 Å². The molecule has 0 saturated carbocycles. The lowest BCUT2D eigenvalue weighted by Gasteiger charge is -2.39. The van der Waals surface area contributed by atoms with Gasteiger partial charge in [0.15, 0.2) is 11.2 Å². The van der Waals surface area contributed by atoms with Crippen molar-refractivity contribution in [2.75, 3.05) is 17.1 Å². The number of rotatable bonds is 7. The Labute approximate surface area is 132 Å². The molecule has 0 saturated heterocycles. The molecule has 1 rings (SSSR count). The van der Waals surface area contributed by atoms with Crippen LogP contribution in [0.25, 0.3) is 0 Å². The summed E-state index contributed by atoms with van der Waals surface area (Å²) in [6, 6.07) is 3.09. The Bertz CT molecular complexity index is 588. The number of hydrogen-bond donors (Lipinski definition) is 2. The highest BCUT2D eigenvalue weighted by Gasteiger charge is 2.47. The van der Waals surface area contributed by atoms with Crippen LogP contribution in [0, 0.1) is 10.4 Å². The minimum absolute atomic E-state index is 0.0141. The molecule has 2 N–H and O–H groups in total. The van der Waals surface area contributed by atoms with E-state index < -0.39 is 33.8 Å². The molecule has 1 aromatic rings. The van der Waals surface area contributed by atoms with E-state index in [1.165, 1.54) is 6.92 Å². The summed E-state index contributed by atoms with van der Waals surface area (Å²) >= 11 is 0. The highest BCUT2D eigenvalue weighted by atomic mass is 16.8. The van der Waals surface area contributed by atoms with E-state index in [2.05, 4.69) is 0 Å². The maximum absolute atomic E-state index is 12.4. The van der Waals surface area contributed by atoms with Gasteiger partial charge >= 0.3 is 5.97 Å². The molecule has 0 spiro atoms. The lowest BCUT2D eigenvalue weighted by Crippen LogP contribution is -2.44. The standard InChI is InChI=1S/C14H18N2O7/c1-4-14(9(3)17,13(18)23-5-2)11-7-6-10(15(19)20)8-12(11)16(21)22/h6-8,21-22H,4-5H2,1-3H3/q-2/t14-/m0/s1. The van der Waals surface area contributed by atoms with Gasteiger partial charge in [0, 0.05) is 11.3 Å². The molecule has 1 aromatic carbocycles. The third-order valence-corrected chi connectivity index (χ3v) is 3.62. The third-order valence-electron chi connectivity index (χ3n) is 3.62. The largest absolute Gasteiger partial charge is 0.769 e. The maximum atomic E-state index is 12.4. The monoisotopic (exact) mass is 326 g/mol. The number of ketones is 1. The second-order valence-corrected chi connectivity index (χ2v) is 4.78. The van der Waals surface area contributed by atoms with Crippen molar-refractivity contribution in [1.82, 2.24) is 0 Å². The van der Waals surface area contributed by atoms with Gasteiger partial charge in [-0.15, -0.1) is 5.23 Å². The van der Waals surface area contributed by atoms with Crippen molar-refractivity contribution in [2.24, 2.45) is 0 Å². The minimum Gasteiger partial charge on any atom is -0.769 e. The molecular weight excluding hydrogens is 308 g/mol. The van der Waals surface area contributed by atoms with Gasteiger partial charge in [0.2, 0.25) is 0 Å². The summed E-state index contributed by atoms with van der Waals surface area (Å²) in [5.41, 5.74) is -2.73. The molecule has 23 heavy (non-hydrogen) atoms. The summed E-state index contributed by atoms with van der Waals surface area (Å²) in [7, 11) is 0. The molecule has 0 aromatic heterocycles. The summed E-state index contributed by atoms with van der Waals surface area (Å²) in [5, 5.41) is 39.3. The first-order chi connectivity index (χ1) is 10.7. The lowest BCUT2D eigenvalue weighted by molar-refractivity contribution is -0.154. The predicted molar refractivity (Wildman–Crippen MR) is 81.0 cm³/mol. The van der Waals surface area contributed by atoms with Gasteiger partial charge in [-0.1, -0.05) is 13.0 Å². The Kier molecular flexibility index (Phi) is 6.05. The molecule has 1 atom stereocenters. The van der Waals surface area contributed by atoms with Gasteiger partial charge in [0.25, 0.3) is 0 Å². The van der Waals surface area contributed by atoms with Crippen LogP contribution < -0.4 is 10.5 Å². The first-order valence-corrected chi connectivity index (χ1v) is 6.87. The molecule has 0 fully saturated rings. The van der Waals surface area contributed by atoms with Gasteiger partial charge in [-0.05, 0) is 32.4 Å². The number of anilines is 2. The average molecular weight is 326 g/mol. The molecule has 9 nitrogen and oxygen atoms in total. The second-order valence-electron chi connectivity index (χ2n) is 4.78. The van der Waals surface area contributed by atoms with Crippen LogP contribution in [0.2, 0.25) is 0 Å². The van der Waals surface area contributed by atoms with E-state index in [1.54, 1.807) is 13.8 Å². The van der Waals surface area contributed by atoms with Crippen molar-refractivity contribution in [3.05, 3.63) is 34.2 Å². The Morgan fingerprint density at radius 2 is 1.87 bits per heavy atom. The quantitative estimate of drug-likeness (QED) is 0.437. The first kappa shape index (κ1) is 18.8. The summed E-state index contributed by atoms with van der Waals surface area (Å²) in [6.07, 6.45) is -0.0141. The first-order valence-electron chi connectivity index (χ1n) is 6.87. The lowest BCUT2D eigenvalue weighted by atomic mass is 9.74. The van der Waals surface area contributed by atoms with E-state index in [0.717, 1.165) is 18.2 Å². The van der Waals surface area contributed by atoms with Crippen molar-refractivity contribution in [2.45, 2.75) is 32.6 Å². The number of carbonyl (C=O) groups is 2. The van der Waals surface area contributed by atoms with Crippen LogP contribution in [-0.2, 0) is 19.7 Å². The molecule has 0 heterocycles. The summed E-state index contributed by atoms with van der Waals surface area (Å²) in [5.74, 6) is -1.43. The zero-order valence-electron chi connectivity index (χ0n) is 13.0. The number of benzene rings is 1. The zero-order valence-corrected chi connectivity index (χ0v) is 13.0. The minimum atomic E-state index is -1.79. The fourth-order valence-corrected chi connectivity index (χ4v) is 2.44. The van der Waals surface area contributed by atoms with E-state index in [-0.39, 0.29) is 23.8 Å². The molecule has 0 aliphatic heterocycles. The highest BCUT2D eigenvalue weighted by molar-refractivity contribution is 6.10. The fourth-order valence-electron chi connectivity index (χ4n) is 2.44. The molecule has 0 bridgehead atoms. The topological polar surface area (TPSA) is 136 Å². The van der Waals surface area contributed by atoms with E-state index in [4.69, 9.17) is 4.74 Å². The van der Waals surface area contributed by atoms with Crippen LogP contribution in [0.1, 0.15) is 32.8 Å². The molecule has 0 unspecified atom stereocenters. The van der Waals surface area contributed by atoms with Gasteiger partial charge in [-0.2, -0.15) is 0 Å². The number of esters is 1. The number of carbonyl (C=O) groups excluding carboxylic acids is 2. The van der Waals surface area contributed by atoms with E-state index in [1.807, 2.05) is 0 Å². The van der Waals surface area contributed by atoms with E-state index in [0.29, 0.717) is 0 Å². The van der Waals surface area contributed by atoms with E-state index >= 15 is 0 Å². The number of nitrogens with zero attached hydrogens (tertiary/aromatic N) is 2. The zero-order chi connectivity index (χ0) is 17.8. The van der Waals surface area contributed by atoms with Crippen molar-refractivity contribution >= 4 is 23.1 Å². The Hall–Kier alpha value is -2.20. The smallest absolute Gasteiger partial charge is 0.324 e. The number of ether oxygens (including phenoxy) is 1. The van der Waals surface area contributed by atoms with Crippen molar-refractivity contribution in [1.29, 1.82) is 0 Å². The van der Waals surface area contributed by atoms with Crippen LogP contribution in [-0.4, -0.2) is 28.8 Å². The summed E-state index contributed by atoms with van der Waals surface area (Å²) in [6.45, 7) is 4.32. The van der Waals surface area contributed by atoms with Crippen molar-refractivity contribution in [3.63, 3.8) is 0 Å². The van der Waals surface area contributed by atoms with Crippen molar-refractivity contribution in [3.8, 4) is 0 Å². The van der Waals surface area contributed by atoms with E-state index in [9.17, 15) is 30.4 Å². The SMILES string of the molecule is CCOC(=O)[C@@](CC)(C(C)=O)c1ccc(N([O-])[O-])cc1N(O)O. The Morgan fingerprint density at radius 1 is 1.26 bits per heavy atom. The highest BCUT2D eigenvalue weighted by Crippen LogP contribution is 2.38. The Morgan fingerprint density at radius 3 is 2.26 bits per heavy atom. The molecule has 0 aliphatic carbocycles. The van der Waals surface area contributed by atoms with Crippen molar-refractivity contribution < 1.29 is 24.7 Å². The molecule has 128 valence electrons. The summed E-state index contributed by atoms with van der Waals surface area (Å²) in [4.78, 5) is 24.6. The fraction of sp³-hybridized carbons (Fsp3) is 0.429.